The van der Waals surface area contributed by atoms with Crippen LogP contribution in [0.25, 0.3) is 0 Å². The topological polar surface area (TPSA) is 23.6 Å². The van der Waals surface area contributed by atoms with Crippen molar-refractivity contribution in [1.82, 2.24) is 4.90 Å². The quantitative estimate of drug-likeness (QED) is 0.846. The molecule has 0 bridgehead atoms. The first-order valence-corrected chi connectivity index (χ1v) is 8.25. The van der Waals surface area contributed by atoms with E-state index in [1.165, 1.54) is 5.69 Å². The molecule has 0 radical (unpaired) electrons. The minimum absolute atomic E-state index is 0.185. The number of halogens is 1. The lowest BCUT2D eigenvalue weighted by Gasteiger charge is -2.38. The molecule has 1 aromatic rings. The second-order valence-corrected chi connectivity index (χ2v) is 6.12. The Bertz CT molecular complexity index is 492. The Morgan fingerprint density at radius 3 is 2.38 bits per heavy atom. The van der Waals surface area contributed by atoms with E-state index in [0.29, 0.717) is 5.91 Å². The number of hydrogen-bond acceptors (Lipinski definition) is 2. The summed E-state index contributed by atoms with van der Waals surface area (Å²) in [5.41, 5.74) is 2.32. The van der Waals surface area contributed by atoms with Crippen molar-refractivity contribution in [1.29, 1.82) is 0 Å². The summed E-state index contributed by atoms with van der Waals surface area (Å²) in [4.78, 5) is 16.8. The molecule has 21 heavy (non-hydrogen) atoms. The molecule has 0 aromatic heterocycles. The first-order valence-electron chi connectivity index (χ1n) is 7.87. The van der Waals surface area contributed by atoms with Crippen molar-refractivity contribution in [3.63, 3.8) is 0 Å². The summed E-state index contributed by atoms with van der Waals surface area (Å²) in [5, 5.41) is 0.808. The highest BCUT2D eigenvalue weighted by molar-refractivity contribution is 6.31. The standard InChI is InChI=1S/C17H25ClN2O/c1-4-14(5-2)17(21)20-11-9-19(10-12-20)16-8-6-7-15(18)13(16)3/h6-8,14H,4-5,9-12H2,1-3H3. The van der Waals surface area contributed by atoms with Gasteiger partial charge in [-0.15, -0.1) is 0 Å². The Kier molecular flexibility index (Phi) is 5.51. The predicted octanol–water partition coefficient (Wildman–Crippen LogP) is 3.73. The van der Waals surface area contributed by atoms with Gasteiger partial charge in [0, 0.05) is 42.8 Å². The Hall–Kier alpha value is -1.22. The lowest BCUT2D eigenvalue weighted by atomic mass is 10.0. The molecule has 1 saturated heterocycles. The van der Waals surface area contributed by atoms with Crippen molar-refractivity contribution < 1.29 is 4.79 Å². The second kappa shape index (κ2) is 7.17. The van der Waals surface area contributed by atoms with Crippen molar-refractivity contribution in [3.8, 4) is 0 Å². The molecule has 116 valence electrons. The molecule has 1 fully saturated rings. The number of anilines is 1. The lowest BCUT2D eigenvalue weighted by Crippen LogP contribution is -2.50. The zero-order valence-electron chi connectivity index (χ0n) is 13.2. The van der Waals surface area contributed by atoms with E-state index in [1.54, 1.807) is 0 Å². The number of amides is 1. The average Bonchev–Trinajstić information content (AvgIpc) is 2.51. The van der Waals surface area contributed by atoms with Gasteiger partial charge in [0.05, 0.1) is 0 Å². The van der Waals surface area contributed by atoms with Gasteiger partial charge in [0.1, 0.15) is 0 Å². The molecule has 0 N–H and O–H groups in total. The van der Waals surface area contributed by atoms with Crippen LogP contribution in [0.1, 0.15) is 32.3 Å². The highest BCUT2D eigenvalue weighted by Crippen LogP contribution is 2.27. The zero-order chi connectivity index (χ0) is 15.4. The van der Waals surface area contributed by atoms with Crippen LogP contribution in [0, 0.1) is 12.8 Å². The third-order valence-electron chi connectivity index (χ3n) is 4.51. The van der Waals surface area contributed by atoms with Crippen LogP contribution in [-0.2, 0) is 4.79 Å². The average molecular weight is 309 g/mol. The zero-order valence-corrected chi connectivity index (χ0v) is 14.0. The van der Waals surface area contributed by atoms with Crippen LogP contribution in [-0.4, -0.2) is 37.0 Å². The molecule has 0 atom stereocenters. The summed E-state index contributed by atoms with van der Waals surface area (Å²) in [6.45, 7) is 9.62. The molecule has 2 rings (SSSR count). The highest BCUT2D eigenvalue weighted by Gasteiger charge is 2.26. The van der Waals surface area contributed by atoms with Gasteiger partial charge < -0.3 is 9.80 Å². The number of carbonyl (C=O) groups excluding carboxylic acids is 1. The largest absolute Gasteiger partial charge is 0.368 e. The number of carbonyl (C=O) groups is 1. The molecule has 0 saturated carbocycles. The van der Waals surface area contributed by atoms with Gasteiger partial charge in [-0.25, -0.2) is 0 Å². The molecule has 1 aliphatic heterocycles. The molecule has 1 amide bonds. The smallest absolute Gasteiger partial charge is 0.225 e. The van der Waals surface area contributed by atoms with E-state index < -0.39 is 0 Å². The SMILES string of the molecule is CCC(CC)C(=O)N1CCN(c2cccc(Cl)c2C)CC1. The van der Waals surface area contributed by atoms with Crippen molar-refractivity contribution in [3.05, 3.63) is 28.8 Å². The highest BCUT2D eigenvalue weighted by atomic mass is 35.5. The van der Waals surface area contributed by atoms with E-state index in [2.05, 4.69) is 31.7 Å². The van der Waals surface area contributed by atoms with Crippen LogP contribution in [0.3, 0.4) is 0 Å². The number of rotatable bonds is 4. The fraction of sp³-hybridized carbons (Fsp3) is 0.588. The van der Waals surface area contributed by atoms with Gasteiger partial charge in [-0.3, -0.25) is 4.79 Å². The third kappa shape index (κ3) is 3.52. The summed E-state index contributed by atoms with van der Waals surface area (Å²) >= 11 is 6.20. The van der Waals surface area contributed by atoms with Gasteiger partial charge >= 0.3 is 0 Å². The third-order valence-corrected chi connectivity index (χ3v) is 4.92. The monoisotopic (exact) mass is 308 g/mol. The molecule has 0 aliphatic carbocycles. The van der Waals surface area contributed by atoms with Crippen molar-refractivity contribution in [2.75, 3.05) is 31.1 Å². The maximum absolute atomic E-state index is 12.4. The first-order chi connectivity index (χ1) is 10.1. The van der Waals surface area contributed by atoms with Gasteiger partial charge in [0.15, 0.2) is 0 Å². The van der Waals surface area contributed by atoms with Gasteiger partial charge in [-0.2, -0.15) is 0 Å². The normalized spacial score (nSPS) is 15.7. The van der Waals surface area contributed by atoms with Crippen LogP contribution in [0.4, 0.5) is 5.69 Å². The molecule has 0 spiro atoms. The van der Waals surface area contributed by atoms with Crippen LogP contribution in [0.5, 0.6) is 0 Å². The van der Waals surface area contributed by atoms with E-state index in [1.807, 2.05) is 17.0 Å². The molecule has 1 heterocycles. The fourth-order valence-electron chi connectivity index (χ4n) is 3.00. The van der Waals surface area contributed by atoms with Crippen LogP contribution >= 0.6 is 11.6 Å². The molecule has 1 aromatic carbocycles. The van der Waals surface area contributed by atoms with E-state index in [9.17, 15) is 4.79 Å². The fourth-order valence-corrected chi connectivity index (χ4v) is 3.17. The number of nitrogens with zero attached hydrogens (tertiary/aromatic N) is 2. The molecular weight excluding hydrogens is 284 g/mol. The Labute approximate surface area is 132 Å². The van der Waals surface area contributed by atoms with E-state index >= 15 is 0 Å². The second-order valence-electron chi connectivity index (χ2n) is 5.71. The summed E-state index contributed by atoms with van der Waals surface area (Å²) in [6, 6.07) is 6.03. The van der Waals surface area contributed by atoms with Crippen molar-refractivity contribution in [2.45, 2.75) is 33.6 Å². The number of piperazine rings is 1. The summed E-state index contributed by atoms with van der Waals surface area (Å²) in [6.07, 6.45) is 1.87. The van der Waals surface area contributed by atoms with E-state index in [4.69, 9.17) is 11.6 Å². The van der Waals surface area contributed by atoms with Gasteiger partial charge in [-0.1, -0.05) is 31.5 Å². The molecule has 1 aliphatic rings. The minimum Gasteiger partial charge on any atom is -0.368 e. The minimum atomic E-state index is 0.185. The first kappa shape index (κ1) is 16.2. The lowest BCUT2D eigenvalue weighted by molar-refractivity contribution is -0.136. The molecule has 4 heteroatoms. The number of benzene rings is 1. The maximum Gasteiger partial charge on any atom is 0.225 e. The Morgan fingerprint density at radius 2 is 1.81 bits per heavy atom. The summed E-state index contributed by atoms with van der Waals surface area (Å²) in [5.74, 6) is 0.506. The number of hydrogen-bond donors (Lipinski definition) is 0. The summed E-state index contributed by atoms with van der Waals surface area (Å²) < 4.78 is 0. The van der Waals surface area contributed by atoms with Crippen molar-refractivity contribution in [2.24, 2.45) is 5.92 Å². The predicted molar refractivity (Wildman–Crippen MR) is 89.1 cm³/mol. The maximum atomic E-state index is 12.4. The van der Waals surface area contributed by atoms with Crippen LogP contribution in [0.2, 0.25) is 5.02 Å². The molecular formula is C17H25ClN2O. The summed E-state index contributed by atoms with van der Waals surface area (Å²) in [7, 11) is 0. The van der Waals surface area contributed by atoms with Gasteiger partial charge in [0.2, 0.25) is 5.91 Å². The Morgan fingerprint density at radius 1 is 1.19 bits per heavy atom. The molecule has 0 unspecified atom stereocenters. The van der Waals surface area contributed by atoms with Crippen LogP contribution in [0.15, 0.2) is 18.2 Å². The van der Waals surface area contributed by atoms with Gasteiger partial charge in [-0.05, 0) is 37.5 Å². The van der Waals surface area contributed by atoms with Crippen LogP contribution < -0.4 is 4.90 Å². The molecule has 3 nitrogen and oxygen atoms in total. The van der Waals surface area contributed by atoms with Crippen molar-refractivity contribution >= 4 is 23.2 Å². The van der Waals surface area contributed by atoms with E-state index in [-0.39, 0.29) is 5.92 Å². The van der Waals surface area contributed by atoms with Gasteiger partial charge in [0.25, 0.3) is 0 Å². The Balaban J connectivity index is 2.00. The van der Waals surface area contributed by atoms with E-state index in [0.717, 1.165) is 49.6 Å².